The molecule has 2 heterocycles. The van der Waals surface area contributed by atoms with E-state index in [1.807, 2.05) is 17.6 Å². The molecule has 1 aromatic heterocycles. The van der Waals surface area contributed by atoms with E-state index in [1.165, 1.54) is 10.4 Å². The molecule has 0 aromatic carbocycles. The van der Waals surface area contributed by atoms with E-state index in [1.54, 1.807) is 11.8 Å². The lowest BCUT2D eigenvalue weighted by atomic mass is 10.1. The Morgan fingerprint density at radius 1 is 1.62 bits per heavy atom. The number of amides is 1. The SMILES string of the molecule is CSCC[C@H](N)C(=O)NCCN1CCc2sccc2C1.Cl. The maximum absolute atomic E-state index is 11.8. The predicted molar refractivity (Wildman–Crippen MR) is 94.5 cm³/mol. The van der Waals surface area contributed by atoms with Gasteiger partial charge in [-0.05, 0) is 41.9 Å². The fourth-order valence-electron chi connectivity index (χ4n) is 2.34. The molecule has 3 N–H and O–H groups in total. The van der Waals surface area contributed by atoms with Gasteiger partial charge in [-0.3, -0.25) is 9.69 Å². The van der Waals surface area contributed by atoms with E-state index in [9.17, 15) is 4.79 Å². The number of carbonyl (C=O) groups is 1. The van der Waals surface area contributed by atoms with Gasteiger partial charge in [0.2, 0.25) is 5.91 Å². The summed E-state index contributed by atoms with van der Waals surface area (Å²) in [7, 11) is 0. The highest BCUT2D eigenvalue weighted by atomic mass is 35.5. The Labute approximate surface area is 141 Å². The Kier molecular flexibility index (Phi) is 8.66. The van der Waals surface area contributed by atoms with Crippen molar-refractivity contribution in [3.8, 4) is 0 Å². The van der Waals surface area contributed by atoms with Crippen LogP contribution in [0.1, 0.15) is 16.9 Å². The van der Waals surface area contributed by atoms with Crippen molar-refractivity contribution in [3.05, 3.63) is 21.9 Å². The van der Waals surface area contributed by atoms with E-state index in [0.717, 1.165) is 38.2 Å². The summed E-state index contributed by atoms with van der Waals surface area (Å²) in [4.78, 5) is 15.7. The number of rotatable bonds is 7. The van der Waals surface area contributed by atoms with E-state index in [0.29, 0.717) is 6.54 Å². The van der Waals surface area contributed by atoms with Crippen molar-refractivity contribution >= 4 is 41.4 Å². The minimum Gasteiger partial charge on any atom is -0.353 e. The van der Waals surface area contributed by atoms with Gasteiger partial charge in [0.15, 0.2) is 0 Å². The van der Waals surface area contributed by atoms with Crippen LogP contribution in [0.5, 0.6) is 0 Å². The summed E-state index contributed by atoms with van der Waals surface area (Å²) in [5.41, 5.74) is 7.28. The van der Waals surface area contributed by atoms with Crippen molar-refractivity contribution < 1.29 is 4.79 Å². The zero-order valence-corrected chi connectivity index (χ0v) is 14.8. The Morgan fingerprint density at radius 3 is 3.19 bits per heavy atom. The molecule has 0 bridgehead atoms. The van der Waals surface area contributed by atoms with Crippen molar-refractivity contribution in [1.82, 2.24) is 10.2 Å². The van der Waals surface area contributed by atoms with Gasteiger partial charge in [-0.1, -0.05) is 0 Å². The Balaban J connectivity index is 0.00000220. The predicted octanol–water partition coefficient (Wildman–Crippen LogP) is 1.72. The fourth-order valence-corrected chi connectivity index (χ4v) is 3.72. The lowest BCUT2D eigenvalue weighted by Gasteiger charge is -2.26. The Bertz CT molecular complexity index is 442. The van der Waals surface area contributed by atoms with Crippen LogP contribution in [0.3, 0.4) is 0 Å². The van der Waals surface area contributed by atoms with E-state index in [2.05, 4.69) is 21.7 Å². The maximum atomic E-state index is 11.8. The monoisotopic (exact) mass is 349 g/mol. The number of nitrogens with two attached hydrogens (primary N) is 1. The number of hydrogen-bond donors (Lipinski definition) is 2. The number of fused-ring (bicyclic) bond motifs is 1. The van der Waals surface area contributed by atoms with Crippen molar-refractivity contribution in [2.24, 2.45) is 5.73 Å². The molecule has 21 heavy (non-hydrogen) atoms. The van der Waals surface area contributed by atoms with Crippen LogP contribution >= 0.6 is 35.5 Å². The summed E-state index contributed by atoms with van der Waals surface area (Å²) in [5.74, 6) is 0.911. The first-order chi connectivity index (χ1) is 9.70. The first-order valence-corrected chi connectivity index (χ1v) is 9.28. The highest BCUT2D eigenvalue weighted by Gasteiger charge is 2.17. The largest absolute Gasteiger partial charge is 0.353 e. The van der Waals surface area contributed by atoms with Gasteiger partial charge in [-0.2, -0.15) is 11.8 Å². The van der Waals surface area contributed by atoms with Crippen LogP contribution in [-0.2, 0) is 17.8 Å². The standard InChI is InChI=1S/C14H23N3OS2.ClH/c1-19-8-4-12(15)14(18)16-5-7-17-6-2-13-11(10-17)3-9-20-13;/h3,9,12H,2,4-8,10,15H2,1H3,(H,16,18);1H/t12-;/m0./s1. The number of nitrogens with zero attached hydrogens (tertiary/aromatic N) is 1. The minimum absolute atomic E-state index is 0. The Morgan fingerprint density at radius 2 is 2.43 bits per heavy atom. The molecule has 0 saturated carbocycles. The van der Waals surface area contributed by atoms with Crippen molar-refractivity contribution in [3.63, 3.8) is 0 Å². The van der Waals surface area contributed by atoms with Gasteiger partial charge < -0.3 is 11.1 Å². The van der Waals surface area contributed by atoms with E-state index >= 15 is 0 Å². The molecule has 0 saturated heterocycles. The van der Waals surface area contributed by atoms with Gasteiger partial charge in [0, 0.05) is 31.1 Å². The van der Waals surface area contributed by atoms with Gasteiger partial charge in [0.05, 0.1) is 6.04 Å². The third kappa shape index (κ3) is 5.79. The summed E-state index contributed by atoms with van der Waals surface area (Å²) >= 11 is 3.57. The van der Waals surface area contributed by atoms with Crippen molar-refractivity contribution in [2.45, 2.75) is 25.4 Å². The molecule has 1 aromatic rings. The van der Waals surface area contributed by atoms with Crippen LogP contribution in [-0.4, -0.2) is 48.5 Å². The van der Waals surface area contributed by atoms with Crippen LogP contribution in [0.25, 0.3) is 0 Å². The van der Waals surface area contributed by atoms with Gasteiger partial charge in [-0.25, -0.2) is 0 Å². The number of thioether (sulfide) groups is 1. The molecule has 1 atom stereocenters. The summed E-state index contributed by atoms with van der Waals surface area (Å²) in [5, 5.41) is 5.11. The summed E-state index contributed by atoms with van der Waals surface area (Å²) < 4.78 is 0. The van der Waals surface area contributed by atoms with Crippen LogP contribution in [0, 0.1) is 0 Å². The van der Waals surface area contributed by atoms with Crippen molar-refractivity contribution in [1.29, 1.82) is 0 Å². The smallest absolute Gasteiger partial charge is 0.236 e. The second-order valence-corrected chi connectivity index (χ2v) is 7.06. The number of hydrogen-bond acceptors (Lipinski definition) is 5. The molecule has 1 aliphatic heterocycles. The number of thiophene rings is 1. The Hall–Kier alpha value is -0.270. The molecule has 120 valence electrons. The lowest BCUT2D eigenvalue weighted by molar-refractivity contribution is -0.122. The number of nitrogens with one attached hydrogen (secondary N) is 1. The minimum atomic E-state index is -0.368. The highest BCUT2D eigenvalue weighted by molar-refractivity contribution is 7.98. The van der Waals surface area contributed by atoms with Crippen LogP contribution in [0.4, 0.5) is 0 Å². The average molecular weight is 350 g/mol. The lowest BCUT2D eigenvalue weighted by Crippen LogP contribution is -2.44. The molecular weight excluding hydrogens is 326 g/mol. The van der Waals surface area contributed by atoms with Gasteiger partial charge in [0.1, 0.15) is 0 Å². The molecule has 7 heteroatoms. The molecule has 1 amide bonds. The van der Waals surface area contributed by atoms with Crippen molar-refractivity contribution in [2.75, 3.05) is 31.6 Å². The molecule has 0 unspecified atom stereocenters. The maximum Gasteiger partial charge on any atom is 0.236 e. The number of carbonyl (C=O) groups excluding carboxylic acids is 1. The normalized spacial score (nSPS) is 15.9. The zero-order chi connectivity index (χ0) is 14.4. The molecule has 0 aliphatic carbocycles. The summed E-state index contributed by atoms with van der Waals surface area (Å²) in [6, 6.07) is 1.84. The first-order valence-electron chi connectivity index (χ1n) is 7.00. The highest BCUT2D eigenvalue weighted by Crippen LogP contribution is 2.23. The molecule has 4 nitrogen and oxygen atoms in total. The van der Waals surface area contributed by atoms with Gasteiger partial charge >= 0.3 is 0 Å². The fraction of sp³-hybridized carbons (Fsp3) is 0.643. The third-order valence-corrected chi connectivity index (χ3v) is 5.25. The summed E-state index contributed by atoms with van der Waals surface area (Å²) in [6.07, 6.45) is 3.91. The second-order valence-electron chi connectivity index (χ2n) is 5.07. The zero-order valence-electron chi connectivity index (χ0n) is 12.3. The van der Waals surface area contributed by atoms with Crippen LogP contribution in [0.15, 0.2) is 11.4 Å². The van der Waals surface area contributed by atoms with Gasteiger partial charge in [0.25, 0.3) is 0 Å². The molecule has 0 fully saturated rings. The van der Waals surface area contributed by atoms with E-state index < -0.39 is 0 Å². The quantitative estimate of drug-likeness (QED) is 0.787. The van der Waals surface area contributed by atoms with E-state index in [4.69, 9.17) is 5.73 Å². The topological polar surface area (TPSA) is 58.4 Å². The second kappa shape index (κ2) is 9.69. The number of halogens is 1. The van der Waals surface area contributed by atoms with Gasteiger partial charge in [-0.15, -0.1) is 23.7 Å². The molecular formula is C14H24ClN3OS2. The third-order valence-electron chi connectivity index (χ3n) is 3.58. The molecule has 1 aliphatic rings. The van der Waals surface area contributed by atoms with E-state index in [-0.39, 0.29) is 24.4 Å². The van der Waals surface area contributed by atoms with Crippen LogP contribution < -0.4 is 11.1 Å². The molecule has 2 rings (SSSR count). The summed E-state index contributed by atoms with van der Waals surface area (Å²) in [6.45, 7) is 3.68. The molecule has 0 radical (unpaired) electrons. The molecule has 0 spiro atoms. The van der Waals surface area contributed by atoms with Crippen LogP contribution in [0.2, 0.25) is 0 Å². The average Bonchev–Trinajstić information content (AvgIpc) is 2.92. The first kappa shape index (κ1) is 18.8.